The second kappa shape index (κ2) is 9.90. The zero-order valence-corrected chi connectivity index (χ0v) is 18.0. The third kappa shape index (κ3) is 5.70. The molecule has 0 unspecified atom stereocenters. The van der Waals surface area contributed by atoms with Crippen LogP contribution in [0.3, 0.4) is 0 Å². The molecule has 6 heteroatoms. The molecule has 2 saturated carbocycles. The van der Waals surface area contributed by atoms with Crippen LogP contribution in [0.2, 0.25) is 0 Å². The lowest BCUT2D eigenvalue weighted by atomic mass is 9.59. The fourth-order valence-electron chi connectivity index (χ4n) is 4.79. The fourth-order valence-corrected chi connectivity index (χ4v) is 4.79. The van der Waals surface area contributed by atoms with Gasteiger partial charge in [0.15, 0.2) is 0 Å². The average molecular weight is 409 g/mol. The molecule has 0 radical (unpaired) electrons. The maximum absolute atomic E-state index is 12.4. The van der Waals surface area contributed by atoms with Crippen molar-refractivity contribution in [3.63, 3.8) is 0 Å². The van der Waals surface area contributed by atoms with E-state index in [4.69, 9.17) is 9.47 Å². The summed E-state index contributed by atoms with van der Waals surface area (Å²) >= 11 is 0. The molecule has 0 heterocycles. The van der Waals surface area contributed by atoms with Crippen molar-refractivity contribution < 1.29 is 29.3 Å². The number of aliphatic hydroxyl groups excluding tert-OH is 2. The molecule has 2 rings (SSSR count). The van der Waals surface area contributed by atoms with Gasteiger partial charge < -0.3 is 19.7 Å². The Labute approximate surface area is 174 Å². The minimum absolute atomic E-state index is 0.118. The summed E-state index contributed by atoms with van der Waals surface area (Å²) in [4.78, 5) is 24.8. The van der Waals surface area contributed by atoms with Crippen LogP contribution in [0.1, 0.15) is 72.1 Å². The molecule has 2 N–H and O–H groups in total. The van der Waals surface area contributed by atoms with Crippen molar-refractivity contribution in [2.75, 3.05) is 0 Å². The molecule has 0 aliphatic heterocycles. The molecule has 2 fully saturated rings. The Morgan fingerprint density at radius 1 is 0.793 bits per heavy atom. The smallest absolute Gasteiger partial charge is 0.336 e. The van der Waals surface area contributed by atoms with E-state index in [1.807, 2.05) is 6.92 Å². The second-order valence-corrected chi connectivity index (χ2v) is 9.08. The van der Waals surface area contributed by atoms with Gasteiger partial charge in [-0.1, -0.05) is 20.1 Å². The van der Waals surface area contributed by atoms with Gasteiger partial charge in [0, 0.05) is 16.6 Å². The van der Waals surface area contributed by atoms with E-state index >= 15 is 0 Å². The van der Waals surface area contributed by atoms with Crippen LogP contribution in [-0.4, -0.2) is 40.6 Å². The molecular formula is C23H36O6. The Kier molecular flexibility index (Phi) is 8.06. The van der Waals surface area contributed by atoms with Gasteiger partial charge in [-0.25, -0.2) is 9.59 Å². The van der Waals surface area contributed by atoms with Crippen molar-refractivity contribution in [1.29, 1.82) is 0 Å². The molecule has 0 amide bonds. The molecule has 6 nitrogen and oxygen atoms in total. The molecule has 0 saturated heterocycles. The van der Waals surface area contributed by atoms with Crippen LogP contribution in [0.4, 0.5) is 0 Å². The maximum Gasteiger partial charge on any atom is 0.336 e. The fraction of sp³-hybridized carbons (Fsp3) is 0.739. The lowest BCUT2D eigenvalue weighted by Crippen LogP contribution is -2.51. The summed E-state index contributed by atoms with van der Waals surface area (Å²) in [5.41, 5.74) is -0.153. The van der Waals surface area contributed by atoms with E-state index in [0.29, 0.717) is 25.7 Å². The highest BCUT2D eigenvalue weighted by atomic mass is 16.7. The van der Waals surface area contributed by atoms with E-state index in [0.717, 1.165) is 25.7 Å². The number of hydrogen-bond acceptors (Lipinski definition) is 6. The minimum Gasteiger partial charge on any atom is -0.421 e. The van der Waals surface area contributed by atoms with Crippen LogP contribution in [0.25, 0.3) is 0 Å². The van der Waals surface area contributed by atoms with Gasteiger partial charge >= 0.3 is 11.9 Å². The maximum atomic E-state index is 12.4. The van der Waals surface area contributed by atoms with Crippen molar-refractivity contribution in [3.05, 3.63) is 24.3 Å². The summed E-state index contributed by atoms with van der Waals surface area (Å²) in [6.07, 6.45) is 4.04. The summed E-state index contributed by atoms with van der Waals surface area (Å²) in [7, 11) is 0. The lowest BCUT2D eigenvalue weighted by Gasteiger charge is -2.50. The van der Waals surface area contributed by atoms with E-state index in [1.165, 1.54) is 0 Å². The Morgan fingerprint density at radius 3 is 1.38 bits per heavy atom. The molecule has 0 aromatic rings. The number of rotatable bonds is 7. The number of carbonyl (C=O) groups is 2. The third-order valence-corrected chi connectivity index (χ3v) is 6.79. The normalized spacial score (nSPS) is 29.6. The summed E-state index contributed by atoms with van der Waals surface area (Å²) in [6.45, 7) is 12.5. The first-order chi connectivity index (χ1) is 13.6. The predicted molar refractivity (Wildman–Crippen MR) is 110 cm³/mol. The monoisotopic (exact) mass is 408 g/mol. The molecule has 29 heavy (non-hydrogen) atoms. The number of hydrogen-bond donors (Lipinski definition) is 2. The minimum atomic E-state index is -1.07. The number of aliphatic hydroxyl groups is 2. The van der Waals surface area contributed by atoms with E-state index in [1.54, 1.807) is 13.8 Å². The predicted octanol–water partition coefficient (Wildman–Crippen LogP) is 3.66. The van der Waals surface area contributed by atoms with Crippen molar-refractivity contribution >= 4 is 11.9 Å². The Hall–Kier alpha value is -1.66. The first-order valence-corrected chi connectivity index (χ1v) is 10.6. The van der Waals surface area contributed by atoms with Crippen LogP contribution < -0.4 is 0 Å². The van der Waals surface area contributed by atoms with Gasteiger partial charge in [-0.3, -0.25) is 0 Å². The van der Waals surface area contributed by atoms with Crippen LogP contribution in [0.15, 0.2) is 24.3 Å². The van der Waals surface area contributed by atoms with Crippen LogP contribution in [0, 0.1) is 17.3 Å². The van der Waals surface area contributed by atoms with Gasteiger partial charge in [0.05, 0.1) is 12.2 Å². The van der Waals surface area contributed by atoms with Gasteiger partial charge in [-0.05, 0) is 77.0 Å². The van der Waals surface area contributed by atoms with Crippen molar-refractivity contribution in [3.8, 4) is 0 Å². The molecule has 0 atom stereocenters. The summed E-state index contributed by atoms with van der Waals surface area (Å²) in [6, 6.07) is 0. The van der Waals surface area contributed by atoms with Crippen molar-refractivity contribution in [1.82, 2.24) is 0 Å². The zero-order valence-electron chi connectivity index (χ0n) is 18.0. The van der Waals surface area contributed by atoms with E-state index in [2.05, 4.69) is 13.2 Å². The SMILES string of the molecule is C=C(C)C(=O)OC(OC(=O)C(=C)C)C(C)(C1CCC(O)CC1)C1CCC(O)CC1. The number of ether oxygens (including phenoxy) is 2. The van der Waals surface area contributed by atoms with Gasteiger partial charge in [0.1, 0.15) is 0 Å². The van der Waals surface area contributed by atoms with Crippen molar-refractivity contribution in [2.45, 2.75) is 90.6 Å². The third-order valence-electron chi connectivity index (χ3n) is 6.79. The topological polar surface area (TPSA) is 93.1 Å². The average Bonchev–Trinajstić information content (AvgIpc) is 2.67. The first kappa shape index (κ1) is 23.6. The van der Waals surface area contributed by atoms with E-state index in [-0.39, 0.29) is 35.2 Å². The molecule has 0 bridgehead atoms. The molecule has 164 valence electrons. The summed E-state index contributed by atoms with van der Waals surface area (Å²) in [5.74, 6) is -0.955. The second-order valence-electron chi connectivity index (χ2n) is 9.08. The van der Waals surface area contributed by atoms with Crippen LogP contribution in [-0.2, 0) is 19.1 Å². The molecular weight excluding hydrogens is 372 g/mol. The Balaban J connectivity index is 2.40. The molecule has 0 aromatic carbocycles. The van der Waals surface area contributed by atoms with E-state index in [9.17, 15) is 19.8 Å². The quantitative estimate of drug-likeness (QED) is 0.379. The van der Waals surface area contributed by atoms with E-state index < -0.39 is 23.6 Å². The molecule has 2 aliphatic rings. The van der Waals surface area contributed by atoms with Gasteiger partial charge in [0.2, 0.25) is 0 Å². The number of esters is 2. The van der Waals surface area contributed by atoms with Gasteiger partial charge in [-0.2, -0.15) is 0 Å². The summed E-state index contributed by atoms with van der Waals surface area (Å²) in [5, 5.41) is 20.0. The van der Waals surface area contributed by atoms with Crippen LogP contribution >= 0.6 is 0 Å². The largest absolute Gasteiger partial charge is 0.421 e. The molecule has 2 aliphatic carbocycles. The first-order valence-electron chi connectivity index (χ1n) is 10.6. The van der Waals surface area contributed by atoms with Crippen molar-refractivity contribution in [2.24, 2.45) is 17.3 Å². The van der Waals surface area contributed by atoms with Gasteiger partial charge in [-0.15, -0.1) is 0 Å². The standard InChI is InChI=1S/C23H36O6/c1-14(2)20(26)28-22(29-21(27)15(3)4)23(5,16-6-10-18(24)11-7-16)17-8-12-19(25)13-9-17/h16-19,22,24-25H,1,3,6-13H2,2,4-5H3. The Morgan fingerprint density at radius 2 is 1.10 bits per heavy atom. The highest BCUT2D eigenvalue weighted by Crippen LogP contribution is 2.52. The highest BCUT2D eigenvalue weighted by molar-refractivity contribution is 5.88. The Bertz CT molecular complexity index is 573. The molecule has 0 spiro atoms. The number of carbonyl (C=O) groups excluding carboxylic acids is 2. The highest BCUT2D eigenvalue weighted by Gasteiger charge is 2.52. The van der Waals surface area contributed by atoms with Gasteiger partial charge in [0.25, 0.3) is 6.29 Å². The van der Waals surface area contributed by atoms with Crippen LogP contribution in [0.5, 0.6) is 0 Å². The summed E-state index contributed by atoms with van der Waals surface area (Å²) < 4.78 is 11.4. The zero-order chi connectivity index (χ0) is 21.8. The lowest BCUT2D eigenvalue weighted by molar-refractivity contribution is -0.230. The molecule has 0 aromatic heterocycles.